The number of pyridine rings is 1. The van der Waals surface area contributed by atoms with Crippen LogP contribution in [0, 0.1) is 25.2 Å². The number of anilines is 1. The van der Waals surface area contributed by atoms with Crippen LogP contribution in [0.2, 0.25) is 5.02 Å². The number of rotatable bonds is 4. The van der Waals surface area contributed by atoms with Gasteiger partial charge in [-0.05, 0) is 61.9 Å². The molecule has 0 spiro atoms. The molecule has 9 heteroatoms. The minimum absolute atomic E-state index is 0.169. The Kier molecular flexibility index (Phi) is 6.18. The lowest BCUT2D eigenvalue weighted by Crippen LogP contribution is -2.14. The molecule has 0 saturated carbocycles. The number of alkyl halides is 3. The lowest BCUT2D eigenvalue weighted by molar-refractivity contribution is -0.137. The van der Waals surface area contributed by atoms with Crippen molar-refractivity contribution in [1.82, 2.24) is 9.55 Å². The SMILES string of the molecule is Cc1cc(C=C(C#N)C(=O)Nc2ccccn2)c(C)n1-c1ccc(Cl)c(C(F)(F)F)c1. The fourth-order valence-electron chi connectivity index (χ4n) is 3.13. The largest absolute Gasteiger partial charge is 0.417 e. The molecular weight excluding hydrogens is 429 g/mol. The molecule has 1 aromatic carbocycles. The molecule has 5 nitrogen and oxygen atoms in total. The normalized spacial score (nSPS) is 11.8. The van der Waals surface area contributed by atoms with Crippen LogP contribution in [-0.2, 0) is 11.0 Å². The first kappa shape index (κ1) is 22.1. The van der Waals surface area contributed by atoms with E-state index in [9.17, 15) is 23.2 Å². The number of halogens is 4. The Labute approximate surface area is 181 Å². The molecule has 2 heterocycles. The first-order valence-electron chi connectivity index (χ1n) is 9.02. The zero-order valence-electron chi connectivity index (χ0n) is 16.5. The van der Waals surface area contributed by atoms with Crippen molar-refractivity contribution in [2.75, 3.05) is 5.32 Å². The average Bonchev–Trinajstić information content (AvgIpc) is 2.99. The molecule has 0 unspecified atom stereocenters. The fourth-order valence-corrected chi connectivity index (χ4v) is 3.35. The first-order chi connectivity index (χ1) is 14.6. The molecule has 0 aliphatic heterocycles. The van der Waals surface area contributed by atoms with Crippen LogP contribution in [0.15, 0.2) is 54.2 Å². The maximum atomic E-state index is 13.2. The minimum Gasteiger partial charge on any atom is -0.318 e. The van der Waals surface area contributed by atoms with E-state index in [1.807, 2.05) is 6.07 Å². The summed E-state index contributed by atoms with van der Waals surface area (Å²) in [5.74, 6) is -0.350. The van der Waals surface area contributed by atoms with Crippen LogP contribution in [0.1, 0.15) is 22.5 Å². The van der Waals surface area contributed by atoms with Gasteiger partial charge in [-0.1, -0.05) is 17.7 Å². The van der Waals surface area contributed by atoms with Gasteiger partial charge in [-0.25, -0.2) is 4.98 Å². The van der Waals surface area contributed by atoms with Crippen molar-refractivity contribution in [1.29, 1.82) is 5.26 Å². The number of nitrogens with zero attached hydrogens (tertiary/aromatic N) is 3. The number of carbonyl (C=O) groups excluding carboxylic acids is 1. The summed E-state index contributed by atoms with van der Waals surface area (Å²) in [6.45, 7) is 3.40. The molecule has 158 valence electrons. The van der Waals surface area contributed by atoms with Gasteiger partial charge in [0.05, 0.1) is 10.6 Å². The second-order valence-corrected chi connectivity index (χ2v) is 7.07. The highest BCUT2D eigenvalue weighted by Crippen LogP contribution is 2.36. The predicted molar refractivity (Wildman–Crippen MR) is 112 cm³/mol. The van der Waals surface area contributed by atoms with Crippen molar-refractivity contribution >= 4 is 29.4 Å². The molecule has 0 bridgehead atoms. The van der Waals surface area contributed by atoms with E-state index in [4.69, 9.17) is 11.6 Å². The molecule has 0 radical (unpaired) electrons. The van der Waals surface area contributed by atoms with Crippen molar-refractivity contribution in [2.45, 2.75) is 20.0 Å². The summed E-state index contributed by atoms with van der Waals surface area (Å²) in [5.41, 5.74) is 0.867. The Balaban J connectivity index is 1.99. The van der Waals surface area contributed by atoms with E-state index in [-0.39, 0.29) is 11.3 Å². The number of nitriles is 1. The molecule has 1 amide bonds. The van der Waals surface area contributed by atoms with Crippen molar-refractivity contribution in [3.05, 3.63) is 81.8 Å². The molecule has 3 rings (SSSR count). The summed E-state index contributed by atoms with van der Waals surface area (Å²) in [4.78, 5) is 16.4. The van der Waals surface area contributed by atoms with Gasteiger partial charge in [-0.15, -0.1) is 0 Å². The Bertz CT molecular complexity index is 1210. The van der Waals surface area contributed by atoms with Gasteiger partial charge < -0.3 is 9.88 Å². The molecular formula is C22H16ClF3N4O. The van der Waals surface area contributed by atoms with Crippen molar-refractivity contribution < 1.29 is 18.0 Å². The number of hydrogen-bond acceptors (Lipinski definition) is 3. The summed E-state index contributed by atoms with van der Waals surface area (Å²) in [5, 5.41) is 11.6. The second-order valence-electron chi connectivity index (χ2n) is 6.66. The summed E-state index contributed by atoms with van der Waals surface area (Å²) >= 11 is 5.72. The third-order valence-corrected chi connectivity index (χ3v) is 4.88. The summed E-state index contributed by atoms with van der Waals surface area (Å²) in [6, 6.07) is 12.1. The van der Waals surface area contributed by atoms with Crippen molar-refractivity contribution in [3.63, 3.8) is 0 Å². The molecule has 0 fully saturated rings. The fraction of sp³-hybridized carbons (Fsp3) is 0.136. The Morgan fingerprint density at radius 1 is 1.23 bits per heavy atom. The second kappa shape index (κ2) is 8.66. The van der Waals surface area contributed by atoms with Crippen LogP contribution in [-0.4, -0.2) is 15.5 Å². The van der Waals surface area contributed by atoms with Crippen molar-refractivity contribution in [2.24, 2.45) is 0 Å². The van der Waals surface area contributed by atoms with Crippen LogP contribution in [0.25, 0.3) is 11.8 Å². The topological polar surface area (TPSA) is 70.7 Å². The van der Waals surface area contributed by atoms with E-state index < -0.39 is 22.7 Å². The van der Waals surface area contributed by atoms with Crippen LogP contribution < -0.4 is 5.32 Å². The van der Waals surface area contributed by atoms with Crippen LogP contribution in [0.4, 0.5) is 19.0 Å². The summed E-state index contributed by atoms with van der Waals surface area (Å²) in [7, 11) is 0. The Morgan fingerprint density at radius 3 is 2.58 bits per heavy atom. The minimum atomic E-state index is -4.59. The Hall–Kier alpha value is -3.57. The maximum Gasteiger partial charge on any atom is 0.417 e. The molecule has 1 N–H and O–H groups in total. The lowest BCUT2D eigenvalue weighted by atomic mass is 10.1. The van der Waals surface area contributed by atoms with E-state index in [0.717, 1.165) is 6.07 Å². The highest BCUT2D eigenvalue weighted by Gasteiger charge is 2.33. The number of aromatic nitrogens is 2. The third kappa shape index (κ3) is 4.78. The van der Waals surface area contributed by atoms with E-state index in [2.05, 4.69) is 10.3 Å². The number of carbonyl (C=O) groups is 1. The number of amides is 1. The van der Waals surface area contributed by atoms with Crippen LogP contribution >= 0.6 is 11.6 Å². The van der Waals surface area contributed by atoms with Gasteiger partial charge in [0.25, 0.3) is 5.91 Å². The van der Waals surface area contributed by atoms with Gasteiger partial charge in [0, 0.05) is 23.3 Å². The average molecular weight is 445 g/mol. The van der Waals surface area contributed by atoms with E-state index >= 15 is 0 Å². The van der Waals surface area contributed by atoms with E-state index in [0.29, 0.717) is 22.8 Å². The standard InChI is InChI=1S/C22H16ClF3N4O/c1-13-9-15(10-16(12-27)21(31)29-20-5-3-4-8-28-20)14(2)30(13)17-6-7-19(23)18(11-17)22(24,25)26/h3-11H,1-2H3,(H,28,29,31). The molecule has 31 heavy (non-hydrogen) atoms. The number of nitrogens with one attached hydrogen (secondary N) is 1. The molecule has 2 aromatic heterocycles. The van der Waals surface area contributed by atoms with Gasteiger partial charge >= 0.3 is 6.18 Å². The zero-order valence-corrected chi connectivity index (χ0v) is 17.2. The van der Waals surface area contributed by atoms with Gasteiger partial charge in [-0.3, -0.25) is 4.79 Å². The summed E-state index contributed by atoms with van der Waals surface area (Å²) in [6.07, 6.45) is -1.71. The smallest absolute Gasteiger partial charge is 0.318 e. The Morgan fingerprint density at radius 2 is 1.97 bits per heavy atom. The van der Waals surface area contributed by atoms with E-state index in [1.54, 1.807) is 42.7 Å². The van der Waals surface area contributed by atoms with Crippen LogP contribution in [0.5, 0.6) is 0 Å². The van der Waals surface area contributed by atoms with Gasteiger partial charge in [0.15, 0.2) is 0 Å². The zero-order chi connectivity index (χ0) is 22.8. The van der Waals surface area contributed by atoms with Gasteiger partial charge in [-0.2, -0.15) is 18.4 Å². The third-order valence-electron chi connectivity index (χ3n) is 4.56. The molecule has 0 aliphatic rings. The molecule has 0 atom stereocenters. The van der Waals surface area contributed by atoms with Crippen LogP contribution in [0.3, 0.4) is 0 Å². The molecule has 3 aromatic rings. The number of hydrogen-bond donors (Lipinski definition) is 1. The van der Waals surface area contributed by atoms with Gasteiger partial charge in [0.1, 0.15) is 17.5 Å². The molecule has 0 aliphatic carbocycles. The monoisotopic (exact) mass is 444 g/mol. The van der Waals surface area contributed by atoms with Gasteiger partial charge in [0.2, 0.25) is 0 Å². The number of aryl methyl sites for hydroxylation is 1. The highest BCUT2D eigenvalue weighted by atomic mass is 35.5. The lowest BCUT2D eigenvalue weighted by Gasteiger charge is -2.14. The van der Waals surface area contributed by atoms with E-state index in [1.165, 1.54) is 24.4 Å². The quantitative estimate of drug-likeness (QED) is 0.414. The van der Waals surface area contributed by atoms with Crippen molar-refractivity contribution in [3.8, 4) is 11.8 Å². The first-order valence-corrected chi connectivity index (χ1v) is 9.40. The highest BCUT2D eigenvalue weighted by molar-refractivity contribution is 6.31. The predicted octanol–water partition coefficient (Wildman–Crippen LogP) is 5.71. The maximum absolute atomic E-state index is 13.2. The number of benzene rings is 1. The molecule has 0 saturated heterocycles. The summed E-state index contributed by atoms with van der Waals surface area (Å²) < 4.78 is 41.3.